The zero-order valence-electron chi connectivity index (χ0n) is 23.0. The molecule has 0 spiro atoms. The number of carboxylic acids is 1. The van der Waals surface area contributed by atoms with Crippen LogP contribution < -0.4 is 14.8 Å². The summed E-state index contributed by atoms with van der Waals surface area (Å²) in [6.07, 6.45) is 7.78. The number of aromatic nitrogens is 1. The van der Waals surface area contributed by atoms with Gasteiger partial charge in [0, 0.05) is 0 Å². The van der Waals surface area contributed by atoms with Gasteiger partial charge in [-0.2, -0.15) is 0 Å². The molecule has 39 heavy (non-hydrogen) atoms. The Balaban J connectivity index is 0.00000420. The van der Waals surface area contributed by atoms with E-state index in [1.54, 1.807) is 20.3 Å². The van der Waals surface area contributed by atoms with Crippen molar-refractivity contribution >= 4 is 62.2 Å². The molecular formula is C28H36ClInN2O6S. The summed E-state index contributed by atoms with van der Waals surface area (Å²) in [4.78, 5) is 30.9. The monoisotopic (exact) mass is 678 g/mol. The Labute approximate surface area is 247 Å². The minimum absolute atomic E-state index is 0. The number of nitrogens with zero attached hydrogens (tertiary/aromatic N) is 1. The number of anilines is 1. The normalized spacial score (nSPS) is 16.1. The van der Waals surface area contributed by atoms with E-state index in [1.807, 2.05) is 22.9 Å². The van der Waals surface area contributed by atoms with E-state index in [0.717, 1.165) is 27.4 Å². The average molecular weight is 679 g/mol. The number of methoxy groups -OCH3 is 3. The summed E-state index contributed by atoms with van der Waals surface area (Å²) in [6.45, 7) is 4.23. The van der Waals surface area contributed by atoms with E-state index in [4.69, 9.17) is 19.2 Å². The quantitative estimate of drug-likeness (QED) is 0.304. The second kappa shape index (κ2) is 13.9. The summed E-state index contributed by atoms with van der Waals surface area (Å²) >= 11 is -1.49. The number of hydrogen-bond acceptors (Lipinski definition) is 7. The van der Waals surface area contributed by atoms with Gasteiger partial charge >= 0.3 is 237 Å². The van der Waals surface area contributed by atoms with Crippen LogP contribution in [-0.4, -0.2) is 64.7 Å². The maximum Gasteiger partial charge on any atom is -0.147 e. The summed E-state index contributed by atoms with van der Waals surface area (Å²) in [5, 5.41) is 12.9. The van der Waals surface area contributed by atoms with E-state index in [2.05, 4.69) is 12.2 Å². The van der Waals surface area contributed by atoms with Crippen molar-refractivity contribution < 1.29 is 28.9 Å². The molecule has 11 heteroatoms. The van der Waals surface area contributed by atoms with Crippen molar-refractivity contribution in [3.8, 4) is 22.8 Å². The Morgan fingerprint density at radius 1 is 1.13 bits per heavy atom. The van der Waals surface area contributed by atoms with Crippen LogP contribution in [-0.2, 0) is 14.3 Å². The maximum absolute atomic E-state index is 13.4. The standard InChI is InChI=1S/C26H32N2O4S.C2H3O2.ClH.In/c1-16-14-22(32-6)20(15-21(16)31-5)24-25(18(3)19-10-8-7-9-11-19)33-26(28-24)27-23(29)13-12-17(2)30-4;1-2(3)4;;/h2,12,14-15,18-19H,7-11H2,1,3-6H3,(H,27,28,29);1H2,(H,3,4);1H;. The first-order valence-corrected chi connectivity index (χ1v) is 19.7. The van der Waals surface area contributed by atoms with Crippen LogP contribution in [0.25, 0.3) is 11.3 Å². The summed E-state index contributed by atoms with van der Waals surface area (Å²) in [7, 11) is 4.82. The number of carbonyl (C=O) groups excluding carboxylic acids is 1. The largest absolute Gasteiger partial charge is 0.147 e. The van der Waals surface area contributed by atoms with Crippen molar-refractivity contribution in [2.75, 3.05) is 26.6 Å². The molecule has 8 nitrogen and oxygen atoms in total. The summed E-state index contributed by atoms with van der Waals surface area (Å²) in [6, 6.07) is 3.91. The van der Waals surface area contributed by atoms with E-state index in [0.29, 0.717) is 25.9 Å². The van der Waals surface area contributed by atoms with Gasteiger partial charge < -0.3 is 0 Å². The smallest absolute Gasteiger partial charge is 0.147 e. The minimum atomic E-state index is -2.98. The first-order chi connectivity index (χ1) is 18.2. The van der Waals surface area contributed by atoms with Crippen LogP contribution in [0.3, 0.4) is 0 Å². The number of halogens is 1. The molecule has 1 aromatic carbocycles. The number of aliphatic carboxylic acids is 1. The van der Waals surface area contributed by atoms with Crippen LogP contribution in [0.4, 0.5) is 5.13 Å². The third-order valence-corrected chi connectivity index (χ3v) is 16.6. The maximum atomic E-state index is 13.4. The number of carboxylic acid groups (broad SMARTS) is 1. The molecule has 0 bridgehead atoms. The molecule has 1 aliphatic heterocycles. The topological polar surface area (TPSA) is 107 Å². The predicted octanol–water partition coefficient (Wildman–Crippen LogP) is 6.31. The second-order valence-electron chi connectivity index (χ2n) is 9.97. The number of rotatable bonds is 10. The van der Waals surface area contributed by atoms with Gasteiger partial charge in [0.2, 0.25) is 0 Å². The van der Waals surface area contributed by atoms with Gasteiger partial charge in [-0.15, -0.1) is 12.4 Å². The molecule has 0 radical (unpaired) electrons. The zero-order valence-corrected chi connectivity index (χ0v) is 28.0. The number of amides is 1. The molecule has 1 aromatic heterocycles. The first kappa shape index (κ1) is 31.4. The van der Waals surface area contributed by atoms with Crippen molar-refractivity contribution in [1.82, 2.24) is 4.98 Å². The number of nitrogens with one attached hydrogen (secondary N) is 1. The van der Waals surface area contributed by atoms with Gasteiger partial charge in [0.15, 0.2) is 0 Å². The minimum Gasteiger partial charge on any atom is -0.147 e. The number of ether oxygens (including phenoxy) is 3. The molecule has 2 heterocycles. The Hall–Kier alpha value is -2.17. The molecule has 4 rings (SSSR count). The summed E-state index contributed by atoms with van der Waals surface area (Å²) in [5.41, 5.74) is 2.58. The molecule has 1 unspecified atom stereocenters. The van der Waals surface area contributed by atoms with Crippen molar-refractivity contribution in [3.63, 3.8) is 0 Å². The van der Waals surface area contributed by atoms with Crippen LogP contribution in [0.2, 0.25) is 4.18 Å². The van der Waals surface area contributed by atoms with Gasteiger partial charge in [0.1, 0.15) is 0 Å². The fraction of sp³-hybridized carbons (Fsp3) is 0.464. The Morgan fingerprint density at radius 2 is 1.82 bits per heavy atom. The van der Waals surface area contributed by atoms with Crippen molar-refractivity contribution in [3.05, 3.63) is 41.6 Å². The molecule has 1 aliphatic carbocycles. The van der Waals surface area contributed by atoms with E-state index in [9.17, 15) is 14.7 Å². The fourth-order valence-electron chi connectivity index (χ4n) is 5.45. The number of benzene rings is 1. The fourth-order valence-corrected chi connectivity index (χ4v) is 13.2. The number of thiazole rings is 1. The number of carbonyl (C=O) groups is 2. The van der Waals surface area contributed by atoms with Crippen LogP contribution in [0.15, 0.2) is 31.1 Å². The molecule has 2 aliphatic rings. The molecule has 2 aromatic rings. The summed E-state index contributed by atoms with van der Waals surface area (Å²) < 4.78 is 19.1. The Bertz CT molecular complexity index is 1270. The van der Waals surface area contributed by atoms with Crippen molar-refractivity contribution in [2.24, 2.45) is 5.92 Å². The molecule has 1 atom stereocenters. The van der Waals surface area contributed by atoms with Gasteiger partial charge in [-0.3, -0.25) is 0 Å². The average Bonchev–Trinajstić information content (AvgIpc) is 3.52. The van der Waals surface area contributed by atoms with Gasteiger partial charge in [0.05, 0.1) is 0 Å². The van der Waals surface area contributed by atoms with Crippen molar-refractivity contribution in [2.45, 2.75) is 56.0 Å². The van der Waals surface area contributed by atoms with E-state index in [1.165, 1.54) is 50.6 Å². The summed E-state index contributed by atoms with van der Waals surface area (Å²) in [5.74, 6) is 1.65. The molecule has 1 saturated carbocycles. The number of hydrogen-bond donors (Lipinski definition) is 2. The van der Waals surface area contributed by atoms with Crippen molar-refractivity contribution in [1.29, 1.82) is 0 Å². The Kier molecular flexibility index (Phi) is 11.2. The van der Waals surface area contributed by atoms with Crippen LogP contribution in [0.5, 0.6) is 11.5 Å². The number of aryl methyl sites for hydroxylation is 1. The third kappa shape index (κ3) is 7.13. The first-order valence-electron chi connectivity index (χ1n) is 13.0. The molecule has 2 N–H and O–H groups in total. The van der Waals surface area contributed by atoms with Gasteiger partial charge in [-0.05, 0) is 0 Å². The van der Waals surface area contributed by atoms with Crippen LogP contribution >= 0.6 is 23.7 Å². The van der Waals surface area contributed by atoms with E-state index >= 15 is 0 Å². The van der Waals surface area contributed by atoms with Gasteiger partial charge in [0.25, 0.3) is 0 Å². The molecular weight excluding hydrogens is 643 g/mol. The zero-order chi connectivity index (χ0) is 27.4. The molecule has 210 valence electrons. The SMILES string of the molecule is COC1=[CH][In]([CH2]C(=O)O)[C](C(=O)Nc2nc(-c3cc(OC)c(C)cc3OC)c(C(C)C3CCCCC3)s2)=C1.Cl. The molecule has 1 fully saturated rings. The van der Waals surface area contributed by atoms with Gasteiger partial charge in [-0.25, -0.2) is 0 Å². The van der Waals surface area contributed by atoms with E-state index in [-0.39, 0.29) is 28.4 Å². The molecule has 1 amide bonds. The molecule has 0 saturated heterocycles. The second-order valence-corrected chi connectivity index (χ2v) is 18.4. The Morgan fingerprint density at radius 3 is 2.44 bits per heavy atom. The predicted molar refractivity (Wildman–Crippen MR) is 158 cm³/mol. The number of allylic oxidation sites excluding steroid dienone is 1. The van der Waals surface area contributed by atoms with Crippen LogP contribution in [0, 0.1) is 12.8 Å². The van der Waals surface area contributed by atoms with E-state index < -0.39 is 27.4 Å². The van der Waals surface area contributed by atoms with Gasteiger partial charge in [-0.1, -0.05) is 0 Å². The third-order valence-electron chi connectivity index (χ3n) is 7.57. The van der Waals surface area contributed by atoms with Crippen LogP contribution in [0.1, 0.15) is 55.4 Å².